The molecule has 0 N–H and O–H groups in total. The number of nitrogens with zero attached hydrogens (tertiary/aromatic N) is 1. The normalized spacial score (nSPS) is 16.9. The van der Waals surface area contributed by atoms with Gasteiger partial charge in [-0.05, 0) is 91.9 Å². The van der Waals surface area contributed by atoms with Crippen molar-refractivity contribution < 1.29 is 4.42 Å². The number of fused-ring (bicyclic) bond motifs is 9. The summed E-state index contributed by atoms with van der Waals surface area (Å²) < 4.78 is 6.87. The number of rotatable bonds is 5. The third-order valence-corrected chi connectivity index (χ3v) is 12.3. The highest BCUT2D eigenvalue weighted by molar-refractivity contribution is 6.23. The van der Waals surface area contributed by atoms with Gasteiger partial charge in [-0.2, -0.15) is 0 Å². The number of benzene rings is 8. The van der Waals surface area contributed by atoms with E-state index in [4.69, 9.17) is 4.42 Å². The molecule has 0 saturated carbocycles. The molecule has 2 aliphatic carbocycles. The van der Waals surface area contributed by atoms with Crippen molar-refractivity contribution in [1.29, 1.82) is 0 Å². The van der Waals surface area contributed by atoms with Crippen molar-refractivity contribution in [2.24, 2.45) is 5.92 Å². The van der Waals surface area contributed by atoms with E-state index in [1.54, 1.807) is 0 Å². The van der Waals surface area contributed by atoms with Gasteiger partial charge in [-0.3, -0.25) is 0 Å². The van der Waals surface area contributed by atoms with Crippen molar-refractivity contribution >= 4 is 60.5 Å². The van der Waals surface area contributed by atoms with Crippen LogP contribution in [0.15, 0.2) is 193 Å². The minimum Gasteiger partial charge on any atom is -0.455 e. The summed E-state index contributed by atoms with van der Waals surface area (Å²) >= 11 is 0. The second-order valence-corrected chi connectivity index (χ2v) is 15.7. The molecule has 1 aromatic heterocycles. The summed E-state index contributed by atoms with van der Waals surface area (Å²) in [5.74, 6) is 0.820. The second kappa shape index (κ2) is 12.2. The summed E-state index contributed by atoms with van der Waals surface area (Å²) in [5.41, 5.74) is 12.8. The summed E-state index contributed by atoms with van der Waals surface area (Å²) in [6.07, 6.45) is 9.23. The van der Waals surface area contributed by atoms with Crippen molar-refractivity contribution in [2.75, 3.05) is 4.90 Å². The van der Waals surface area contributed by atoms with Crippen molar-refractivity contribution in [3.8, 4) is 22.3 Å². The van der Waals surface area contributed by atoms with E-state index < -0.39 is 0 Å². The van der Waals surface area contributed by atoms with Crippen LogP contribution < -0.4 is 4.90 Å². The Labute approximate surface area is 321 Å². The van der Waals surface area contributed by atoms with Crippen molar-refractivity contribution in [3.05, 3.63) is 199 Å². The van der Waals surface area contributed by atoms with Crippen LogP contribution in [0.1, 0.15) is 30.9 Å². The van der Waals surface area contributed by atoms with Crippen LogP contribution in [0.25, 0.3) is 65.7 Å². The highest BCUT2D eigenvalue weighted by Gasteiger charge is 2.44. The Hall–Kier alpha value is -6.64. The van der Waals surface area contributed by atoms with Gasteiger partial charge in [0.25, 0.3) is 0 Å². The van der Waals surface area contributed by atoms with Gasteiger partial charge < -0.3 is 9.32 Å². The van der Waals surface area contributed by atoms with E-state index in [9.17, 15) is 0 Å². The van der Waals surface area contributed by atoms with E-state index in [2.05, 4.69) is 207 Å². The summed E-state index contributed by atoms with van der Waals surface area (Å²) in [7, 11) is 0. The van der Waals surface area contributed by atoms with Gasteiger partial charge in [-0.15, -0.1) is 0 Å². The zero-order chi connectivity index (χ0) is 36.7. The van der Waals surface area contributed by atoms with Crippen LogP contribution >= 0.6 is 0 Å². The SMILES string of the molecule is CC1(C)c2cc(N(c3cccc(-c4ccccc4)c3)c3cc4c(oc5cccc(-c6cccc7ccccc67)c54)c4ccccc34)ccc2C2C=CC=CC21. The van der Waals surface area contributed by atoms with Crippen molar-refractivity contribution in [2.45, 2.75) is 25.2 Å². The molecule has 9 aromatic rings. The van der Waals surface area contributed by atoms with Gasteiger partial charge in [0.1, 0.15) is 11.2 Å². The predicted octanol–water partition coefficient (Wildman–Crippen LogP) is 14.8. The Morgan fingerprint density at radius 1 is 0.527 bits per heavy atom. The molecule has 55 heavy (non-hydrogen) atoms. The molecule has 0 radical (unpaired) electrons. The summed E-state index contributed by atoms with van der Waals surface area (Å²) in [6, 6.07) is 59.8. The Bertz CT molecular complexity index is 3030. The van der Waals surface area contributed by atoms with E-state index in [-0.39, 0.29) is 5.41 Å². The fourth-order valence-corrected chi connectivity index (χ4v) is 9.69. The fraction of sp³-hybridized carbons (Fsp3) is 0.0943. The highest BCUT2D eigenvalue weighted by Crippen LogP contribution is 2.55. The average molecular weight is 706 g/mol. The first-order chi connectivity index (χ1) is 27.0. The zero-order valence-electron chi connectivity index (χ0n) is 30.9. The first-order valence-electron chi connectivity index (χ1n) is 19.3. The number of furan rings is 1. The van der Waals surface area contributed by atoms with Gasteiger partial charge in [-0.25, -0.2) is 0 Å². The molecule has 0 spiro atoms. The van der Waals surface area contributed by atoms with E-state index >= 15 is 0 Å². The van der Waals surface area contributed by atoms with Gasteiger partial charge in [-0.1, -0.05) is 166 Å². The molecule has 8 aromatic carbocycles. The molecule has 2 unspecified atom stereocenters. The maximum atomic E-state index is 6.87. The molecule has 0 aliphatic heterocycles. The fourth-order valence-electron chi connectivity index (χ4n) is 9.69. The molecular formula is C53H39NO. The molecule has 2 heteroatoms. The third kappa shape index (κ3) is 4.88. The number of hydrogen-bond acceptors (Lipinski definition) is 2. The Kier molecular flexibility index (Phi) is 7.06. The lowest BCUT2D eigenvalue weighted by Gasteiger charge is -2.31. The van der Waals surface area contributed by atoms with Gasteiger partial charge >= 0.3 is 0 Å². The molecule has 0 fully saturated rings. The highest BCUT2D eigenvalue weighted by atomic mass is 16.3. The average Bonchev–Trinajstić information content (AvgIpc) is 3.73. The molecule has 2 aliphatic rings. The summed E-state index contributed by atoms with van der Waals surface area (Å²) in [4.78, 5) is 2.48. The predicted molar refractivity (Wildman–Crippen MR) is 232 cm³/mol. The standard InChI is InChI=1S/C53H39NO/c1-53(2)47-27-11-10-22-41(47)42-30-29-38(32-48(42)53)54(37-20-12-19-36(31-37)34-15-4-3-5-16-34)49-33-46-51-44(40-25-13-18-35-17-6-7-21-39(35)40)26-14-28-50(51)55-52(46)45-24-9-8-23-43(45)49/h3-33,41,47H,1-2H3. The van der Waals surface area contributed by atoms with E-state index in [1.807, 2.05) is 0 Å². The third-order valence-electron chi connectivity index (χ3n) is 12.3. The first kappa shape index (κ1) is 31.8. The second-order valence-electron chi connectivity index (χ2n) is 15.7. The van der Waals surface area contributed by atoms with Gasteiger partial charge in [0.05, 0.1) is 5.69 Å². The molecule has 0 saturated heterocycles. The van der Waals surface area contributed by atoms with Crippen molar-refractivity contribution in [3.63, 3.8) is 0 Å². The van der Waals surface area contributed by atoms with E-state index in [0.29, 0.717) is 11.8 Å². The lowest BCUT2D eigenvalue weighted by Crippen LogP contribution is -2.24. The lowest BCUT2D eigenvalue weighted by molar-refractivity contribution is 0.394. The van der Waals surface area contributed by atoms with Gasteiger partial charge in [0.2, 0.25) is 0 Å². The summed E-state index contributed by atoms with van der Waals surface area (Å²) in [6.45, 7) is 4.83. The topological polar surface area (TPSA) is 16.4 Å². The number of hydrogen-bond donors (Lipinski definition) is 0. The molecule has 262 valence electrons. The van der Waals surface area contributed by atoms with Crippen LogP contribution in [0, 0.1) is 5.92 Å². The first-order valence-corrected chi connectivity index (χ1v) is 19.3. The lowest BCUT2D eigenvalue weighted by atomic mass is 9.74. The maximum Gasteiger partial charge on any atom is 0.143 e. The Balaban J connectivity index is 1.21. The van der Waals surface area contributed by atoms with E-state index in [1.165, 1.54) is 44.2 Å². The molecule has 2 nitrogen and oxygen atoms in total. The maximum absolute atomic E-state index is 6.87. The monoisotopic (exact) mass is 705 g/mol. The van der Waals surface area contributed by atoms with Crippen LogP contribution in [-0.4, -0.2) is 0 Å². The van der Waals surface area contributed by atoms with Crippen LogP contribution in [-0.2, 0) is 5.41 Å². The van der Waals surface area contributed by atoms with E-state index in [0.717, 1.165) is 49.8 Å². The molecular weight excluding hydrogens is 667 g/mol. The molecule has 2 atom stereocenters. The minimum absolute atomic E-state index is 0.0189. The van der Waals surface area contributed by atoms with Crippen LogP contribution in [0.2, 0.25) is 0 Å². The smallest absolute Gasteiger partial charge is 0.143 e. The number of anilines is 3. The quantitative estimate of drug-likeness (QED) is 0.177. The largest absolute Gasteiger partial charge is 0.455 e. The molecule has 1 heterocycles. The number of allylic oxidation sites excluding steroid dienone is 4. The molecule has 0 amide bonds. The van der Waals surface area contributed by atoms with Crippen LogP contribution in [0.5, 0.6) is 0 Å². The zero-order valence-corrected chi connectivity index (χ0v) is 30.9. The Morgan fingerprint density at radius 2 is 1.22 bits per heavy atom. The molecule has 11 rings (SSSR count). The summed E-state index contributed by atoms with van der Waals surface area (Å²) in [5, 5.41) is 6.95. The van der Waals surface area contributed by atoms with Crippen molar-refractivity contribution in [1.82, 2.24) is 0 Å². The minimum atomic E-state index is -0.0189. The van der Waals surface area contributed by atoms with Gasteiger partial charge in [0, 0.05) is 38.8 Å². The molecule has 0 bridgehead atoms. The van der Waals surface area contributed by atoms with Crippen LogP contribution in [0.4, 0.5) is 17.1 Å². The van der Waals surface area contributed by atoms with Crippen LogP contribution in [0.3, 0.4) is 0 Å². The Morgan fingerprint density at radius 3 is 2.11 bits per heavy atom. The van der Waals surface area contributed by atoms with Gasteiger partial charge in [0.15, 0.2) is 0 Å².